The molecule has 6 nitrogen and oxygen atoms in total. The summed E-state index contributed by atoms with van der Waals surface area (Å²) in [5.74, 6) is -0.203. The van der Waals surface area contributed by atoms with Crippen LogP contribution in [0, 0.1) is 0 Å². The van der Waals surface area contributed by atoms with Crippen LogP contribution in [0.25, 0.3) is 0 Å². The van der Waals surface area contributed by atoms with E-state index in [2.05, 4.69) is 5.32 Å². The van der Waals surface area contributed by atoms with Gasteiger partial charge in [-0.05, 0) is 31.9 Å². The smallest absolute Gasteiger partial charge is 0.322 e. The van der Waals surface area contributed by atoms with E-state index in [-0.39, 0.29) is 25.0 Å². The zero-order chi connectivity index (χ0) is 15.2. The van der Waals surface area contributed by atoms with Gasteiger partial charge in [-0.25, -0.2) is 4.79 Å². The predicted octanol–water partition coefficient (Wildman–Crippen LogP) is 2.56. The summed E-state index contributed by atoms with van der Waals surface area (Å²) < 4.78 is 5.38. The number of benzene rings is 1. The number of carbonyl (C=O) groups excluding carboxylic acids is 1. The second-order valence-electron chi connectivity index (χ2n) is 4.96. The number of ether oxygens (including phenoxy) is 1. The first-order valence-corrected chi connectivity index (χ1v) is 7.12. The minimum atomic E-state index is -0.896. The highest BCUT2D eigenvalue weighted by atomic mass is 16.5. The van der Waals surface area contributed by atoms with Gasteiger partial charge in [0.25, 0.3) is 0 Å². The Morgan fingerprint density at radius 2 is 2.19 bits per heavy atom. The molecule has 1 aromatic rings. The normalized spacial score (nSPS) is 13.6. The molecule has 0 bridgehead atoms. The van der Waals surface area contributed by atoms with E-state index in [4.69, 9.17) is 9.84 Å². The molecule has 0 spiro atoms. The largest absolute Gasteiger partial charge is 0.494 e. The molecule has 1 fully saturated rings. The summed E-state index contributed by atoms with van der Waals surface area (Å²) >= 11 is 0. The van der Waals surface area contributed by atoms with Gasteiger partial charge in [0.05, 0.1) is 13.0 Å². The molecule has 0 atom stereocenters. The first-order valence-electron chi connectivity index (χ1n) is 7.12. The van der Waals surface area contributed by atoms with Crippen LogP contribution in [0.5, 0.6) is 5.75 Å². The number of rotatable bonds is 7. The Kier molecular flexibility index (Phi) is 5.03. The molecule has 2 rings (SSSR count). The van der Waals surface area contributed by atoms with Crippen LogP contribution >= 0.6 is 0 Å². The van der Waals surface area contributed by atoms with Crippen molar-refractivity contribution >= 4 is 17.7 Å². The van der Waals surface area contributed by atoms with Crippen LogP contribution in [0.4, 0.5) is 10.5 Å². The Hall–Kier alpha value is -2.24. The van der Waals surface area contributed by atoms with Crippen LogP contribution in [0.3, 0.4) is 0 Å². The number of nitrogens with zero attached hydrogens (tertiary/aromatic N) is 1. The van der Waals surface area contributed by atoms with Crippen LogP contribution in [0.1, 0.15) is 26.2 Å². The summed E-state index contributed by atoms with van der Waals surface area (Å²) in [7, 11) is 0. The second kappa shape index (κ2) is 6.97. The Morgan fingerprint density at radius 3 is 2.81 bits per heavy atom. The lowest BCUT2D eigenvalue weighted by molar-refractivity contribution is -0.137. The first kappa shape index (κ1) is 15.2. The molecule has 1 aliphatic rings. The molecule has 0 aliphatic heterocycles. The zero-order valence-corrected chi connectivity index (χ0v) is 12.0. The standard InChI is InChI=1S/C15H20N2O4/c1-2-21-13-5-3-4-11(10-13)16-15(20)17(12-6-7-12)9-8-14(18)19/h3-5,10,12H,2,6-9H2,1H3,(H,16,20)(H,18,19). The SMILES string of the molecule is CCOc1cccc(NC(=O)N(CCC(=O)O)C2CC2)c1. The number of carboxylic acid groups (broad SMARTS) is 1. The Labute approximate surface area is 123 Å². The molecular weight excluding hydrogens is 272 g/mol. The Bertz CT molecular complexity index is 514. The maximum atomic E-state index is 12.3. The number of carbonyl (C=O) groups is 2. The fraction of sp³-hybridized carbons (Fsp3) is 0.467. The first-order chi connectivity index (χ1) is 10.1. The Morgan fingerprint density at radius 1 is 1.43 bits per heavy atom. The summed E-state index contributed by atoms with van der Waals surface area (Å²) in [6, 6.07) is 7.07. The summed E-state index contributed by atoms with van der Waals surface area (Å²) in [5.41, 5.74) is 0.645. The van der Waals surface area contributed by atoms with E-state index in [1.807, 2.05) is 13.0 Å². The highest BCUT2D eigenvalue weighted by Gasteiger charge is 2.32. The lowest BCUT2D eigenvalue weighted by Gasteiger charge is -2.22. The van der Waals surface area contributed by atoms with E-state index in [9.17, 15) is 9.59 Å². The summed E-state index contributed by atoms with van der Waals surface area (Å²) in [5, 5.41) is 11.6. The maximum Gasteiger partial charge on any atom is 0.322 e. The van der Waals surface area contributed by atoms with Gasteiger partial charge in [-0.15, -0.1) is 0 Å². The van der Waals surface area contributed by atoms with Crippen LogP contribution in [0.2, 0.25) is 0 Å². The summed E-state index contributed by atoms with van der Waals surface area (Å²) in [4.78, 5) is 24.5. The van der Waals surface area contributed by atoms with E-state index in [1.54, 1.807) is 23.1 Å². The molecule has 1 saturated carbocycles. The van der Waals surface area contributed by atoms with Gasteiger partial charge in [0, 0.05) is 24.3 Å². The minimum absolute atomic E-state index is 0.0388. The quantitative estimate of drug-likeness (QED) is 0.809. The molecule has 1 aliphatic carbocycles. The average Bonchev–Trinajstić information content (AvgIpc) is 3.24. The van der Waals surface area contributed by atoms with Crippen molar-refractivity contribution in [2.45, 2.75) is 32.2 Å². The number of amides is 2. The highest BCUT2D eigenvalue weighted by Crippen LogP contribution is 2.28. The van der Waals surface area contributed by atoms with Gasteiger partial charge < -0.3 is 20.1 Å². The molecule has 0 radical (unpaired) electrons. The molecule has 0 aromatic heterocycles. The fourth-order valence-electron chi connectivity index (χ4n) is 2.08. The summed E-state index contributed by atoms with van der Waals surface area (Å²) in [6.45, 7) is 2.69. The van der Waals surface area contributed by atoms with E-state index in [0.29, 0.717) is 18.0 Å². The highest BCUT2D eigenvalue weighted by molar-refractivity contribution is 5.90. The van der Waals surface area contributed by atoms with Crippen molar-refractivity contribution in [3.63, 3.8) is 0 Å². The third kappa shape index (κ3) is 4.66. The number of hydrogen-bond donors (Lipinski definition) is 2. The molecule has 1 aromatic carbocycles. The number of urea groups is 1. The van der Waals surface area contributed by atoms with Crippen molar-refractivity contribution < 1.29 is 19.4 Å². The van der Waals surface area contributed by atoms with E-state index >= 15 is 0 Å². The molecule has 0 unspecified atom stereocenters. The van der Waals surface area contributed by atoms with E-state index < -0.39 is 5.97 Å². The molecule has 114 valence electrons. The van der Waals surface area contributed by atoms with Gasteiger partial charge in [0.15, 0.2) is 0 Å². The van der Waals surface area contributed by atoms with Gasteiger partial charge in [0.2, 0.25) is 0 Å². The minimum Gasteiger partial charge on any atom is -0.494 e. The van der Waals surface area contributed by atoms with Crippen molar-refractivity contribution in [1.82, 2.24) is 4.90 Å². The van der Waals surface area contributed by atoms with Gasteiger partial charge in [-0.3, -0.25) is 4.79 Å². The van der Waals surface area contributed by atoms with Crippen LogP contribution < -0.4 is 10.1 Å². The fourth-order valence-corrected chi connectivity index (χ4v) is 2.08. The molecule has 2 amide bonds. The van der Waals surface area contributed by atoms with Crippen LogP contribution in [-0.4, -0.2) is 41.2 Å². The number of nitrogens with one attached hydrogen (secondary N) is 1. The lowest BCUT2D eigenvalue weighted by atomic mass is 10.3. The summed E-state index contributed by atoms with van der Waals surface area (Å²) in [6.07, 6.45) is 1.83. The van der Waals surface area contributed by atoms with Gasteiger partial charge >= 0.3 is 12.0 Å². The van der Waals surface area contributed by atoms with Crippen LogP contribution in [-0.2, 0) is 4.79 Å². The number of aliphatic carboxylic acids is 1. The van der Waals surface area contributed by atoms with Crippen molar-refractivity contribution in [3.8, 4) is 5.75 Å². The van der Waals surface area contributed by atoms with Gasteiger partial charge in [0.1, 0.15) is 5.75 Å². The third-order valence-electron chi connectivity index (χ3n) is 3.21. The maximum absolute atomic E-state index is 12.3. The topological polar surface area (TPSA) is 78.9 Å². The number of anilines is 1. The van der Waals surface area contributed by atoms with Crippen molar-refractivity contribution in [1.29, 1.82) is 0 Å². The van der Waals surface area contributed by atoms with Crippen LogP contribution in [0.15, 0.2) is 24.3 Å². The molecule has 2 N–H and O–H groups in total. The third-order valence-corrected chi connectivity index (χ3v) is 3.21. The predicted molar refractivity (Wildman–Crippen MR) is 78.6 cm³/mol. The number of carboxylic acids is 1. The average molecular weight is 292 g/mol. The van der Waals surface area contributed by atoms with Gasteiger partial charge in [-0.1, -0.05) is 6.07 Å². The monoisotopic (exact) mass is 292 g/mol. The molecule has 0 saturated heterocycles. The molecule has 0 heterocycles. The molecule has 6 heteroatoms. The van der Waals surface area contributed by atoms with E-state index in [1.165, 1.54) is 0 Å². The lowest BCUT2D eigenvalue weighted by Crippen LogP contribution is -2.38. The molecular formula is C15H20N2O4. The second-order valence-corrected chi connectivity index (χ2v) is 4.96. The van der Waals surface area contributed by atoms with Gasteiger partial charge in [-0.2, -0.15) is 0 Å². The Balaban J connectivity index is 1.97. The zero-order valence-electron chi connectivity index (χ0n) is 12.0. The van der Waals surface area contributed by atoms with Crippen molar-refractivity contribution in [2.24, 2.45) is 0 Å². The van der Waals surface area contributed by atoms with E-state index in [0.717, 1.165) is 12.8 Å². The van der Waals surface area contributed by atoms with Crippen molar-refractivity contribution in [3.05, 3.63) is 24.3 Å². The molecule has 21 heavy (non-hydrogen) atoms. The van der Waals surface area contributed by atoms with Crippen molar-refractivity contribution in [2.75, 3.05) is 18.5 Å². The number of hydrogen-bond acceptors (Lipinski definition) is 3.